The van der Waals surface area contributed by atoms with E-state index in [1.54, 1.807) is 24.3 Å². The van der Waals surface area contributed by atoms with Crippen LogP contribution < -0.4 is 4.74 Å². The summed E-state index contributed by atoms with van der Waals surface area (Å²) in [5.74, 6) is 0.605. The van der Waals surface area contributed by atoms with Crippen LogP contribution in [-0.2, 0) is 13.1 Å². The van der Waals surface area contributed by atoms with E-state index in [0.29, 0.717) is 30.2 Å². The maximum Gasteiger partial charge on any atom is 0.272 e. The van der Waals surface area contributed by atoms with Crippen LogP contribution in [0.3, 0.4) is 0 Å². The topological polar surface area (TPSA) is 84.0 Å². The molecule has 3 aromatic rings. The number of aromatic nitrogens is 4. The molecule has 1 aliphatic rings. The van der Waals surface area contributed by atoms with Gasteiger partial charge in [-0.25, -0.2) is 9.97 Å². The van der Waals surface area contributed by atoms with Crippen molar-refractivity contribution < 1.29 is 9.53 Å². The smallest absolute Gasteiger partial charge is 0.272 e. The summed E-state index contributed by atoms with van der Waals surface area (Å²) in [7, 11) is 1.61. The normalized spacial score (nSPS) is 13.0. The highest BCUT2D eigenvalue weighted by atomic mass is 16.5. The molecular weight excluding hydrogens is 306 g/mol. The summed E-state index contributed by atoms with van der Waals surface area (Å²) in [4.78, 5) is 22.6. The first kappa shape index (κ1) is 14.4. The maximum atomic E-state index is 12.7. The van der Waals surface area contributed by atoms with Crippen LogP contribution in [0.15, 0.2) is 42.9 Å². The Kier molecular flexibility index (Phi) is 3.45. The lowest BCUT2D eigenvalue weighted by molar-refractivity contribution is 0.0744. The number of aromatic amines is 1. The summed E-state index contributed by atoms with van der Waals surface area (Å²) >= 11 is 0. The van der Waals surface area contributed by atoms with Crippen molar-refractivity contribution in [3.63, 3.8) is 0 Å². The molecule has 0 spiro atoms. The molecule has 7 nitrogen and oxygen atoms in total. The van der Waals surface area contributed by atoms with Crippen LogP contribution in [0.2, 0.25) is 0 Å². The van der Waals surface area contributed by atoms with Crippen LogP contribution in [0, 0.1) is 0 Å². The fourth-order valence-corrected chi connectivity index (χ4v) is 2.84. The Labute approximate surface area is 138 Å². The van der Waals surface area contributed by atoms with Crippen molar-refractivity contribution in [3.8, 4) is 17.0 Å². The number of rotatable bonds is 3. The van der Waals surface area contributed by atoms with Gasteiger partial charge in [-0.3, -0.25) is 9.89 Å². The highest BCUT2D eigenvalue weighted by Crippen LogP contribution is 2.29. The molecule has 0 radical (unpaired) electrons. The third-order valence-electron chi connectivity index (χ3n) is 4.06. The zero-order chi connectivity index (χ0) is 16.5. The van der Waals surface area contributed by atoms with Gasteiger partial charge in [0.25, 0.3) is 5.91 Å². The van der Waals surface area contributed by atoms with Gasteiger partial charge in [0.15, 0.2) is 0 Å². The first-order valence-corrected chi connectivity index (χ1v) is 7.52. The number of benzene rings is 1. The lowest BCUT2D eigenvalue weighted by atomic mass is 10.1. The number of hydrogen-bond acceptors (Lipinski definition) is 5. The zero-order valence-electron chi connectivity index (χ0n) is 13.1. The van der Waals surface area contributed by atoms with Gasteiger partial charge in [-0.2, -0.15) is 5.10 Å². The van der Waals surface area contributed by atoms with Crippen LogP contribution >= 0.6 is 0 Å². The lowest BCUT2D eigenvalue weighted by Gasteiger charge is -2.13. The Bertz CT molecular complexity index is 880. The van der Waals surface area contributed by atoms with Gasteiger partial charge < -0.3 is 9.64 Å². The van der Waals surface area contributed by atoms with E-state index in [1.807, 2.05) is 24.3 Å². The Hall–Kier alpha value is -3.22. The van der Waals surface area contributed by atoms with Crippen molar-refractivity contribution >= 4 is 5.91 Å². The molecule has 4 rings (SSSR count). The number of amides is 1. The number of carbonyl (C=O) groups is 1. The number of para-hydroxylation sites is 1. The Morgan fingerprint density at radius 1 is 1.29 bits per heavy atom. The van der Waals surface area contributed by atoms with Crippen LogP contribution in [0.5, 0.6) is 5.75 Å². The molecule has 7 heteroatoms. The van der Waals surface area contributed by atoms with Crippen molar-refractivity contribution in [2.24, 2.45) is 0 Å². The molecule has 0 aliphatic carbocycles. The van der Waals surface area contributed by atoms with Gasteiger partial charge in [0, 0.05) is 23.9 Å². The number of ether oxygens (including phenoxy) is 1. The fourth-order valence-electron chi connectivity index (χ4n) is 2.84. The first-order chi connectivity index (χ1) is 11.8. The molecule has 0 bridgehead atoms. The molecule has 1 aromatic carbocycles. The highest BCUT2D eigenvalue weighted by Gasteiger charge is 2.26. The van der Waals surface area contributed by atoms with E-state index in [-0.39, 0.29) is 5.91 Å². The van der Waals surface area contributed by atoms with E-state index in [2.05, 4.69) is 20.2 Å². The standard InChI is InChI=1S/C17H15N5O2/c1-24-16-5-3-2-4-12(16)13-6-14(21-20-13)17(23)22-8-11-7-18-10-19-15(11)9-22/h2-7,10H,8-9H2,1H3,(H,20,21). The number of H-pyrrole nitrogens is 1. The second-order valence-electron chi connectivity index (χ2n) is 5.52. The third-order valence-corrected chi connectivity index (χ3v) is 4.06. The molecule has 0 fully saturated rings. The van der Waals surface area contributed by atoms with Crippen LogP contribution in [0.1, 0.15) is 21.7 Å². The molecule has 2 aromatic heterocycles. The minimum absolute atomic E-state index is 0.110. The van der Waals surface area contributed by atoms with Crippen LogP contribution in [0.4, 0.5) is 0 Å². The van der Waals surface area contributed by atoms with Crippen molar-refractivity contribution in [2.75, 3.05) is 7.11 Å². The molecule has 3 heterocycles. The minimum atomic E-state index is -0.110. The number of carbonyl (C=O) groups excluding carboxylic acids is 1. The van der Waals surface area contributed by atoms with Gasteiger partial charge in [-0.1, -0.05) is 12.1 Å². The third kappa shape index (κ3) is 2.40. The zero-order valence-corrected chi connectivity index (χ0v) is 13.1. The second kappa shape index (κ2) is 5.77. The monoisotopic (exact) mass is 321 g/mol. The second-order valence-corrected chi connectivity index (χ2v) is 5.52. The van der Waals surface area contributed by atoms with E-state index < -0.39 is 0 Å². The molecule has 24 heavy (non-hydrogen) atoms. The van der Waals surface area contributed by atoms with Gasteiger partial charge in [0.2, 0.25) is 0 Å². The van der Waals surface area contributed by atoms with Crippen LogP contribution in [0.25, 0.3) is 11.3 Å². The van der Waals surface area contributed by atoms with Gasteiger partial charge in [-0.15, -0.1) is 0 Å². The van der Waals surface area contributed by atoms with Crippen LogP contribution in [-0.4, -0.2) is 38.1 Å². The van der Waals surface area contributed by atoms with Crippen molar-refractivity contribution in [1.82, 2.24) is 25.1 Å². The number of nitrogens with one attached hydrogen (secondary N) is 1. The van der Waals surface area contributed by atoms with E-state index >= 15 is 0 Å². The Morgan fingerprint density at radius 2 is 2.17 bits per heavy atom. The Balaban J connectivity index is 1.58. The Morgan fingerprint density at radius 3 is 3.00 bits per heavy atom. The van der Waals surface area contributed by atoms with Crippen molar-refractivity contribution in [2.45, 2.75) is 13.1 Å². The number of hydrogen-bond donors (Lipinski definition) is 1. The van der Waals surface area contributed by atoms with Gasteiger partial charge >= 0.3 is 0 Å². The van der Waals surface area contributed by atoms with E-state index in [9.17, 15) is 4.79 Å². The summed E-state index contributed by atoms with van der Waals surface area (Å²) in [5, 5.41) is 7.08. The van der Waals surface area contributed by atoms with Crippen molar-refractivity contribution in [1.29, 1.82) is 0 Å². The maximum absolute atomic E-state index is 12.7. The highest BCUT2D eigenvalue weighted by molar-refractivity contribution is 5.93. The number of methoxy groups -OCH3 is 1. The summed E-state index contributed by atoms with van der Waals surface area (Å²) in [6.07, 6.45) is 3.26. The fraction of sp³-hybridized carbons (Fsp3) is 0.176. The molecule has 1 amide bonds. The van der Waals surface area contributed by atoms with E-state index in [1.165, 1.54) is 6.33 Å². The number of fused-ring (bicyclic) bond motifs is 1. The number of nitrogens with zero attached hydrogens (tertiary/aromatic N) is 4. The van der Waals surface area contributed by atoms with Crippen molar-refractivity contribution in [3.05, 3.63) is 59.8 Å². The SMILES string of the molecule is COc1ccccc1-c1cc(C(=O)N2Cc3cncnc3C2)[nH]n1. The largest absolute Gasteiger partial charge is 0.496 e. The predicted octanol–water partition coefficient (Wildman–Crippen LogP) is 2.03. The molecular formula is C17H15N5O2. The summed E-state index contributed by atoms with van der Waals surface area (Å²) in [6.45, 7) is 0.998. The van der Waals surface area contributed by atoms with E-state index in [4.69, 9.17) is 4.74 Å². The summed E-state index contributed by atoms with van der Waals surface area (Å²) in [5.41, 5.74) is 3.83. The van der Waals surface area contributed by atoms with E-state index in [0.717, 1.165) is 16.8 Å². The molecule has 120 valence electrons. The van der Waals surface area contributed by atoms with Gasteiger partial charge in [0.05, 0.1) is 25.0 Å². The molecule has 1 aliphatic heterocycles. The molecule has 0 atom stereocenters. The molecule has 0 unspecified atom stereocenters. The predicted molar refractivity (Wildman–Crippen MR) is 86.2 cm³/mol. The lowest BCUT2D eigenvalue weighted by Crippen LogP contribution is -2.25. The average molecular weight is 321 g/mol. The molecule has 0 saturated carbocycles. The van der Waals surface area contributed by atoms with Gasteiger partial charge in [0.1, 0.15) is 17.8 Å². The summed E-state index contributed by atoms with van der Waals surface area (Å²) < 4.78 is 5.35. The molecule has 1 N–H and O–H groups in total. The average Bonchev–Trinajstić information content (AvgIpc) is 3.28. The summed E-state index contributed by atoms with van der Waals surface area (Å²) in [6, 6.07) is 9.31. The minimum Gasteiger partial charge on any atom is -0.496 e. The quantitative estimate of drug-likeness (QED) is 0.798. The van der Waals surface area contributed by atoms with Gasteiger partial charge in [-0.05, 0) is 18.2 Å². The first-order valence-electron chi connectivity index (χ1n) is 7.52. The molecule has 0 saturated heterocycles.